The Bertz CT molecular complexity index is 490. The molecule has 98 valence electrons. The fourth-order valence-corrected chi connectivity index (χ4v) is 2.03. The minimum absolute atomic E-state index is 0.355. The number of nitrogens with two attached hydrogens (primary N) is 2. The summed E-state index contributed by atoms with van der Waals surface area (Å²) in [5.41, 5.74) is 12.3. The second-order valence-electron chi connectivity index (χ2n) is 3.83. The molecule has 1 amide bonds. The number of hydrogen-bond acceptors (Lipinski definition) is 5. The number of rotatable bonds is 5. The van der Waals surface area contributed by atoms with Gasteiger partial charge in [0.05, 0.1) is 5.69 Å². The van der Waals surface area contributed by atoms with Crippen LogP contribution in [0.1, 0.15) is 23.5 Å². The van der Waals surface area contributed by atoms with E-state index in [-0.39, 0.29) is 0 Å². The lowest BCUT2D eigenvalue weighted by Crippen LogP contribution is -2.14. The molecule has 0 spiro atoms. The highest BCUT2D eigenvalue weighted by Crippen LogP contribution is 2.30. The first-order valence-electron chi connectivity index (χ1n) is 5.57. The van der Waals surface area contributed by atoms with E-state index in [1.807, 2.05) is 20.0 Å². The van der Waals surface area contributed by atoms with Gasteiger partial charge < -0.3 is 16.4 Å². The van der Waals surface area contributed by atoms with Crippen molar-refractivity contribution < 1.29 is 4.79 Å². The molecule has 0 unspecified atom stereocenters. The molecule has 0 aromatic carbocycles. The highest BCUT2D eigenvalue weighted by Gasteiger charge is 2.10. The van der Waals surface area contributed by atoms with Crippen molar-refractivity contribution in [2.24, 2.45) is 10.7 Å². The Morgan fingerprint density at radius 2 is 2.28 bits per heavy atom. The van der Waals surface area contributed by atoms with Crippen LogP contribution in [0.5, 0.6) is 0 Å². The molecule has 18 heavy (non-hydrogen) atoms. The summed E-state index contributed by atoms with van der Waals surface area (Å²) in [5.74, 6) is -0.517. The van der Waals surface area contributed by atoms with E-state index < -0.39 is 5.91 Å². The number of allylic oxidation sites excluding steroid dienone is 2. The maximum atomic E-state index is 11.0. The zero-order valence-corrected chi connectivity index (χ0v) is 11.6. The SMILES string of the molecule is CCN(C)/C(C)=C/C=N\c1cc(N)c(C(N)=O)s1. The highest BCUT2D eigenvalue weighted by molar-refractivity contribution is 7.18. The molecule has 5 nitrogen and oxygen atoms in total. The smallest absolute Gasteiger partial charge is 0.260 e. The average Bonchev–Trinajstić information content (AvgIpc) is 2.69. The van der Waals surface area contributed by atoms with Crippen LogP contribution in [0.2, 0.25) is 0 Å². The summed E-state index contributed by atoms with van der Waals surface area (Å²) in [4.78, 5) is 17.7. The van der Waals surface area contributed by atoms with Crippen molar-refractivity contribution in [1.82, 2.24) is 4.90 Å². The molecule has 6 heteroatoms. The third-order valence-electron chi connectivity index (χ3n) is 2.57. The van der Waals surface area contributed by atoms with Crippen molar-refractivity contribution in [1.29, 1.82) is 0 Å². The van der Waals surface area contributed by atoms with Crippen molar-refractivity contribution in [2.45, 2.75) is 13.8 Å². The molecule has 1 aromatic heterocycles. The minimum atomic E-state index is -0.517. The third kappa shape index (κ3) is 3.59. The third-order valence-corrected chi connectivity index (χ3v) is 3.64. The molecule has 0 bridgehead atoms. The molecular weight excluding hydrogens is 248 g/mol. The molecule has 1 aromatic rings. The standard InChI is InChI=1S/C12H18N4OS/c1-4-16(3)8(2)5-6-15-10-7-9(13)11(18-10)12(14)17/h5-7H,4,13H2,1-3H3,(H2,14,17)/b8-5+,15-6-. The van der Waals surface area contributed by atoms with Crippen LogP contribution >= 0.6 is 11.3 Å². The Morgan fingerprint density at radius 3 is 2.78 bits per heavy atom. The van der Waals surface area contributed by atoms with Gasteiger partial charge in [-0.1, -0.05) is 0 Å². The first-order chi connectivity index (χ1) is 8.45. The predicted molar refractivity (Wildman–Crippen MR) is 77.5 cm³/mol. The van der Waals surface area contributed by atoms with Gasteiger partial charge in [0.25, 0.3) is 5.91 Å². The van der Waals surface area contributed by atoms with Crippen LogP contribution in [0, 0.1) is 0 Å². The van der Waals surface area contributed by atoms with Crippen LogP contribution < -0.4 is 11.5 Å². The number of carbonyl (C=O) groups is 1. The van der Waals surface area contributed by atoms with E-state index in [9.17, 15) is 4.79 Å². The van der Waals surface area contributed by atoms with Crippen molar-refractivity contribution in [3.8, 4) is 0 Å². The second-order valence-corrected chi connectivity index (χ2v) is 4.86. The fourth-order valence-electron chi connectivity index (χ4n) is 1.24. The van der Waals surface area contributed by atoms with Gasteiger partial charge in [-0.3, -0.25) is 4.79 Å². The summed E-state index contributed by atoms with van der Waals surface area (Å²) in [6.07, 6.45) is 3.60. The summed E-state index contributed by atoms with van der Waals surface area (Å²) < 4.78 is 0. The molecule has 0 radical (unpaired) electrons. The summed E-state index contributed by atoms with van der Waals surface area (Å²) >= 11 is 1.19. The van der Waals surface area contributed by atoms with Gasteiger partial charge in [-0.2, -0.15) is 0 Å². The van der Waals surface area contributed by atoms with Gasteiger partial charge in [0.15, 0.2) is 0 Å². The normalized spacial score (nSPS) is 12.1. The van der Waals surface area contributed by atoms with Gasteiger partial charge in [-0.15, -0.1) is 11.3 Å². The molecule has 0 aliphatic carbocycles. The van der Waals surface area contributed by atoms with Gasteiger partial charge in [0, 0.05) is 25.5 Å². The molecule has 0 fully saturated rings. The van der Waals surface area contributed by atoms with Gasteiger partial charge in [-0.05, 0) is 26.0 Å². The average molecular weight is 266 g/mol. The Morgan fingerprint density at radius 1 is 1.61 bits per heavy atom. The maximum absolute atomic E-state index is 11.0. The van der Waals surface area contributed by atoms with E-state index in [0.717, 1.165) is 12.2 Å². The molecule has 0 aliphatic heterocycles. The predicted octanol–water partition coefficient (Wildman–Crippen LogP) is 1.99. The molecule has 1 heterocycles. The number of hydrogen-bond donors (Lipinski definition) is 2. The van der Waals surface area contributed by atoms with Crippen LogP contribution in [0.3, 0.4) is 0 Å². The Labute approximate surface area is 111 Å². The van der Waals surface area contributed by atoms with Crippen LogP contribution in [0.15, 0.2) is 22.8 Å². The number of anilines is 1. The van der Waals surface area contributed by atoms with Crippen LogP contribution in [-0.4, -0.2) is 30.6 Å². The quantitative estimate of drug-likeness (QED) is 0.799. The van der Waals surface area contributed by atoms with Crippen molar-refractivity contribution in [2.75, 3.05) is 19.3 Å². The first-order valence-corrected chi connectivity index (χ1v) is 6.38. The van der Waals surface area contributed by atoms with Gasteiger partial charge >= 0.3 is 0 Å². The molecule has 0 aliphatic rings. The lowest BCUT2D eigenvalue weighted by atomic mass is 10.4. The maximum Gasteiger partial charge on any atom is 0.260 e. The Balaban J connectivity index is 2.79. The molecule has 0 saturated heterocycles. The van der Waals surface area contributed by atoms with E-state index in [2.05, 4.69) is 16.8 Å². The lowest BCUT2D eigenvalue weighted by Gasteiger charge is -2.15. The van der Waals surface area contributed by atoms with Gasteiger partial charge in [-0.25, -0.2) is 4.99 Å². The number of amides is 1. The zero-order valence-electron chi connectivity index (χ0n) is 10.8. The molecular formula is C12H18N4OS. The summed E-state index contributed by atoms with van der Waals surface area (Å²) in [7, 11) is 2.01. The topological polar surface area (TPSA) is 84.7 Å². The lowest BCUT2D eigenvalue weighted by molar-refractivity contribution is 0.100. The number of thiophene rings is 1. The largest absolute Gasteiger partial charge is 0.397 e. The van der Waals surface area contributed by atoms with Crippen LogP contribution in [-0.2, 0) is 0 Å². The summed E-state index contributed by atoms with van der Waals surface area (Å²) in [6.45, 7) is 5.02. The summed E-state index contributed by atoms with van der Waals surface area (Å²) in [5, 5.41) is 0.671. The van der Waals surface area contributed by atoms with Crippen LogP contribution in [0.25, 0.3) is 0 Å². The fraction of sp³-hybridized carbons (Fsp3) is 0.333. The van der Waals surface area contributed by atoms with Crippen molar-refractivity contribution in [3.05, 3.63) is 22.7 Å². The van der Waals surface area contributed by atoms with Crippen molar-refractivity contribution in [3.63, 3.8) is 0 Å². The molecule has 1 rings (SSSR count). The number of nitrogen functional groups attached to an aromatic ring is 1. The van der Waals surface area contributed by atoms with E-state index in [1.165, 1.54) is 11.3 Å². The summed E-state index contributed by atoms with van der Waals surface area (Å²) in [6, 6.07) is 1.65. The number of nitrogens with zero attached hydrogens (tertiary/aromatic N) is 2. The van der Waals surface area contributed by atoms with Gasteiger partial charge in [0.2, 0.25) is 0 Å². The Kier molecular flexibility index (Phi) is 4.91. The highest BCUT2D eigenvalue weighted by atomic mass is 32.1. The molecule has 0 saturated carbocycles. The van der Waals surface area contributed by atoms with Crippen molar-refractivity contribution >= 4 is 34.1 Å². The zero-order chi connectivity index (χ0) is 13.7. The second kappa shape index (κ2) is 6.20. The first kappa shape index (κ1) is 14.2. The number of primary amides is 1. The molecule has 0 atom stereocenters. The van der Waals surface area contributed by atoms with Crippen LogP contribution in [0.4, 0.5) is 10.7 Å². The molecule has 4 N–H and O–H groups in total. The van der Waals surface area contributed by atoms with Gasteiger partial charge in [0.1, 0.15) is 9.88 Å². The number of aliphatic imine (C=N–C) groups is 1. The Hall–Kier alpha value is -1.82. The number of carbonyl (C=O) groups excluding carboxylic acids is 1. The van der Waals surface area contributed by atoms with E-state index in [0.29, 0.717) is 15.6 Å². The van der Waals surface area contributed by atoms with E-state index in [4.69, 9.17) is 11.5 Å². The van der Waals surface area contributed by atoms with E-state index >= 15 is 0 Å². The van der Waals surface area contributed by atoms with E-state index in [1.54, 1.807) is 12.3 Å². The minimum Gasteiger partial charge on any atom is -0.397 e. The monoisotopic (exact) mass is 266 g/mol.